The van der Waals surface area contributed by atoms with E-state index in [0.29, 0.717) is 23.9 Å². The van der Waals surface area contributed by atoms with Crippen LogP contribution >= 0.6 is 11.8 Å². The lowest BCUT2D eigenvalue weighted by atomic mass is 10.00. The van der Waals surface area contributed by atoms with Crippen molar-refractivity contribution < 1.29 is 27.4 Å². The van der Waals surface area contributed by atoms with E-state index in [9.17, 15) is 18.0 Å². The molecule has 236 valence electrons. The van der Waals surface area contributed by atoms with E-state index >= 15 is 0 Å². The lowest BCUT2D eigenvalue weighted by Gasteiger charge is -2.23. The van der Waals surface area contributed by atoms with Crippen molar-refractivity contribution >= 4 is 28.5 Å². The average molecular weight is 638 g/mol. The number of aromatic nitrogens is 3. The molecule has 12 heteroatoms. The van der Waals surface area contributed by atoms with Gasteiger partial charge in [0.1, 0.15) is 17.8 Å². The average Bonchev–Trinajstić information content (AvgIpc) is 3.69. The van der Waals surface area contributed by atoms with E-state index < -0.39 is 6.36 Å². The number of thioether (sulfide) groups is 1. The summed E-state index contributed by atoms with van der Waals surface area (Å²) in [4.78, 5) is 23.7. The standard InChI is InChI=1S/C33H34F3N5O3S/c1-22(2)28-17-16-27(43-3)20-29(28)40-18-19-45-32(40)38-30(42)7-5-4-6-23-8-10-24(11-9-23)31-37-21-41(39-31)25-12-14-26(15-13-25)44-33(34,35)36/h8-17,20-22H,4-7,18-19H2,1-3H3. The molecule has 45 heavy (non-hydrogen) atoms. The van der Waals surface area contributed by atoms with Gasteiger partial charge < -0.3 is 14.4 Å². The van der Waals surface area contributed by atoms with Crippen LogP contribution in [0.3, 0.4) is 0 Å². The summed E-state index contributed by atoms with van der Waals surface area (Å²) in [6, 6.07) is 19.4. The van der Waals surface area contributed by atoms with Crippen molar-refractivity contribution in [2.75, 3.05) is 24.3 Å². The summed E-state index contributed by atoms with van der Waals surface area (Å²) in [5.74, 6) is 2.06. The van der Waals surface area contributed by atoms with Gasteiger partial charge in [-0.05, 0) is 66.6 Å². The van der Waals surface area contributed by atoms with Crippen molar-refractivity contribution in [3.05, 3.63) is 84.2 Å². The van der Waals surface area contributed by atoms with Crippen LogP contribution in [0, 0.1) is 0 Å². The molecule has 0 saturated carbocycles. The van der Waals surface area contributed by atoms with Gasteiger partial charge in [0.15, 0.2) is 11.0 Å². The number of benzene rings is 3. The summed E-state index contributed by atoms with van der Waals surface area (Å²) in [7, 11) is 1.65. The number of nitrogens with zero attached hydrogens (tertiary/aromatic N) is 5. The quantitative estimate of drug-likeness (QED) is 0.155. The second kappa shape index (κ2) is 14.2. The van der Waals surface area contributed by atoms with Crippen molar-refractivity contribution in [2.45, 2.75) is 51.8 Å². The Balaban J connectivity index is 1.12. The first kappa shape index (κ1) is 32.1. The number of anilines is 1. The summed E-state index contributed by atoms with van der Waals surface area (Å²) in [6.45, 7) is 5.10. The zero-order valence-electron chi connectivity index (χ0n) is 25.3. The van der Waals surface area contributed by atoms with Crippen LogP contribution in [0.15, 0.2) is 78.0 Å². The fraction of sp³-hybridized carbons (Fsp3) is 0.333. The SMILES string of the molecule is COc1ccc(C(C)C)c(N2CCSC2=NC(=O)CCCCc2ccc(-c3ncn(-c4ccc(OC(F)(F)F)cc4)n3)cc2)c1. The van der Waals surface area contributed by atoms with Crippen LogP contribution in [0.1, 0.15) is 50.2 Å². The van der Waals surface area contributed by atoms with Gasteiger partial charge in [0.25, 0.3) is 0 Å². The van der Waals surface area contributed by atoms with Gasteiger partial charge in [0, 0.05) is 36.0 Å². The number of methoxy groups -OCH3 is 1. The second-order valence-electron chi connectivity index (χ2n) is 10.8. The van der Waals surface area contributed by atoms with Crippen LogP contribution in [-0.4, -0.2) is 51.6 Å². The monoisotopic (exact) mass is 637 g/mol. The van der Waals surface area contributed by atoms with Gasteiger partial charge in [-0.25, -0.2) is 9.67 Å². The van der Waals surface area contributed by atoms with E-state index in [4.69, 9.17) is 4.74 Å². The smallest absolute Gasteiger partial charge is 0.497 e. The van der Waals surface area contributed by atoms with E-state index in [1.807, 2.05) is 36.4 Å². The van der Waals surface area contributed by atoms with Gasteiger partial charge in [-0.3, -0.25) is 4.79 Å². The number of carbonyl (C=O) groups is 1. The number of carbonyl (C=O) groups excluding carboxylic acids is 1. The third-order valence-electron chi connectivity index (χ3n) is 7.29. The van der Waals surface area contributed by atoms with Gasteiger partial charge in [-0.2, -0.15) is 4.99 Å². The maximum atomic E-state index is 12.8. The highest BCUT2D eigenvalue weighted by Crippen LogP contribution is 2.35. The molecule has 1 aliphatic heterocycles. The first-order chi connectivity index (χ1) is 21.6. The molecule has 0 N–H and O–H groups in total. The molecule has 2 heterocycles. The van der Waals surface area contributed by atoms with E-state index in [1.54, 1.807) is 18.9 Å². The van der Waals surface area contributed by atoms with Crippen molar-refractivity contribution in [3.8, 4) is 28.6 Å². The molecule has 0 aliphatic carbocycles. The van der Waals surface area contributed by atoms with E-state index in [2.05, 4.69) is 44.6 Å². The number of hydrogen-bond acceptors (Lipinski definition) is 6. The zero-order valence-corrected chi connectivity index (χ0v) is 26.1. The third kappa shape index (κ3) is 8.44. The summed E-state index contributed by atoms with van der Waals surface area (Å²) < 4.78 is 48.1. The van der Waals surface area contributed by atoms with Gasteiger partial charge in [-0.15, -0.1) is 18.3 Å². The molecule has 1 aliphatic rings. The second-order valence-corrected chi connectivity index (χ2v) is 11.9. The molecule has 0 atom stereocenters. The largest absolute Gasteiger partial charge is 0.573 e. The minimum Gasteiger partial charge on any atom is -0.497 e. The molecule has 1 aromatic heterocycles. The van der Waals surface area contributed by atoms with E-state index in [-0.39, 0.29) is 11.7 Å². The van der Waals surface area contributed by atoms with Crippen LogP contribution in [-0.2, 0) is 11.2 Å². The van der Waals surface area contributed by atoms with Crippen LogP contribution in [0.4, 0.5) is 18.9 Å². The highest BCUT2D eigenvalue weighted by Gasteiger charge is 2.31. The topological polar surface area (TPSA) is 81.8 Å². The van der Waals surface area contributed by atoms with Crippen LogP contribution in [0.2, 0.25) is 0 Å². The number of ether oxygens (including phenoxy) is 2. The molecule has 0 bridgehead atoms. The minimum absolute atomic E-state index is 0.113. The Morgan fingerprint density at radius 1 is 1.02 bits per heavy atom. The number of aryl methyl sites for hydroxylation is 1. The number of aliphatic imine (C=N–C) groups is 1. The van der Waals surface area contributed by atoms with Crippen molar-refractivity contribution in [1.29, 1.82) is 0 Å². The predicted octanol–water partition coefficient (Wildman–Crippen LogP) is 7.81. The first-order valence-electron chi connectivity index (χ1n) is 14.7. The number of alkyl halides is 3. The van der Waals surface area contributed by atoms with Crippen molar-refractivity contribution in [1.82, 2.24) is 14.8 Å². The number of halogens is 3. The molecule has 4 aromatic rings. The lowest BCUT2D eigenvalue weighted by molar-refractivity contribution is -0.274. The number of hydrogen-bond donors (Lipinski definition) is 0. The normalized spacial score (nSPS) is 14.4. The van der Waals surface area contributed by atoms with E-state index in [1.165, 1.54) is 40.8 Å². The molecule has 1 fully saturated rings. The highest BCUT2D eigenvalue weighted by atomic mass is 32.2. The fourth-order valence-electron chi connectivity index (χ4n) is 5.00. The number of rotatable bonds is 11. The van der Waals surface area contributed by atoms with Crippen molar-refractivity contribution in [3.63, 3.8) is 0 Å². The molecule has 3 aromatic carbocycles. The van der Waals surface area contributed by atoms with Gasteiger partial charge >= 0.3 is 6.36 Å². The molecule has 1 saturated heterocycles. The third-order valence-corrected chi connectivity index (χ3v) is 8.25. The van der Waals surface area contributed by atoms with Crippen molar-refractivity contribution in [2.24, 2.45) is 4.99 Å². The highest BCUT2D eigenvalue weighted by molar-refractivity contribution is 8.14. The Morgan fingerprint density at radius 2 is 1.76 bits per heavy atom. The Kier molecular flexibility index (Phi) is 10.1. The number of amidine groups is 1. The van der Waals surface area contributed by atoms with Crippen LogP contribution < -0.4 is 14.4 Å². The molecule has 0 radical (unpaired) electrons. The maximum Gasteiger partial charge on any atom is 0.573 e. The first-order valence-corrected chi connectivity index (χ1v) is 15.6. The molecular weight excluding hydrogens is 603 g/mol. The van der Waals surface area contributed by atoms with Gasteiger partial charge in [0.05, 0.1) is 12.8 Å². The summed E-state index contributed by atoms with van der Waals surface area (Å²) in [6.07, 6.45) is -0.449. The summed E-state index contributed by atoms with van der Waals surface area (Å²) in [5, 5.41) is 5.19. The minimum atomic E-state index is -4.74. The zero-order chi connectivity index (χ0) is 32.0. The van der Waals surface area contributed by atoms with Gasteiger partial charge in [0.2, 0.25) is 5.91 Å². The molecular formula is C33H34F3N5O3S. The Morgan fingerprint density at radius 3 is 2.44 bits per heavy atom. The molecule has 0 unspecified atom stereocenters. The maximum absolute atomic E-state index is 12.8. The summed E-state index contributed by atoms with van der Waals surface area (Å²) >= 11 is 1.61. The van der Waals surface area contributed by atoms with Crippen LogP contribution in [0.25, 0.3) is 17.1 Å². The number of amides is 1. The number of unbranched alkanes of at least 4 members (excludes halogenated alkanes) is 1. The predicted molar refractivity (Wildman–Crippen MR) is 170 cm³/mol. The fourth-order valence-corrected chi connectivity index (χ4v) is 5.97. The molecule has 8 nitrogen and oxygen atoms in total. The molecule has 5 rings (SSSR count). The molecule has 1 amide bonds. The Hall–Kier alpha value is -4.32. The Bertz CT molecular complexity index is 1640. The Labute approximate surface area is 264 Å². The van der Waals surface area contributed by atoms with E-state index in [0.717, 1.165) is 59.3 Å². The summed E-state index contributed by atoms with van der Waals surface area (Å²) in [5.41, 5.74) is 4.74. The molecule has 0 spiro atoms. The van der Waals surface area contributed by atoms with Crippen LogP contribution in [0.5, 0.6) is 11.5 Å². The lowest BCUT2D eigenvalue weighted by Crippen LogP contribution is -2.26. The van der Waals surface area contributed by atoms with Gasteiger partial charge in [-0.1, -0.05) is 55.9 Å².